The molecule has 7 aromatic heterocycles. The summed E-state index contributed by atoms with van der Waals surface area (Å²) in [6, 6.07) is 174. The van der Waals surface area contributed by atoms with E-state index >= 15 is 0 Å². The lowest BCUT2D eigenvalue weighted by atomic mass is 9.97. The van der Waals surface area contributed by atoms with Gasteiger partial charge in [0.25, 0.3) is 0 Å². The van der Waals surface area contributed by atoms with Gasteiger partial charge in [0, 0.05) is 104 Å². The van der Waals surface area contributed by atoms with Gasteiger partial charge in [-0.15, -0.1) is 0 Å². The van der Waals surface area contributed by atoms with Crippen molar-refractivity contribution < 1.29 is 0 Å². The largest absolute Gasteiger partial charge is 0.309 e. The molecule has 27 aromatic rings. The molecule has 614 valence electrons. The fraction of sp³-hybridized carbons (Fsp3) is 0. The molecule has 132 heavy (non-hydrogen) atoms. The van der Waals surface area contributed by atoms with Gasteiger partial charge in [-0.1, -0.05) is 297 Å². The molecule has 0 aliphatic carbocycles. The van der Waals surface area contributed by atoms with E-state index in [0.29, 0.717) is 5.95 Å². The van der Waals surface area contributed by atoms with Crippen LogP contribution >= 0.6 is 0 Å². The molecule has 0 saturated carbocycles. The highest BCUT2D eigenvalue weighted by molar-refractivity contribution is 6.18. The molecule has 0 amide bonds. The topological polar surface area (TPSA) is 55.4 Å². The van der Waals surface area contributed by atoms with Crippen LogP contribution < -0.4 is 0 Å². The van der Waals surface area contributed by atoms with Crippen LogP contribution in [0.1, 0.15) is 0 Å². The van der Waals surface area contributed by atoms with Crippen LogP contribution in [0.25, 0.3) is 254 Å². The summed E-state index contributed by atoms with van der Waals surface area (Å²) >= 11 is 0. The Bertz CT molecular complexity index is 8960. The van der Waals surface area contributed by atoms with E-state index in [1.807, 2.05) is 0 Å². The summed E-state index contributed by atoms with van der Waals surface area (Å²) in [6.07, 6.45) is 0. The smallest absolute Gasteiger partial charge is 0.235 e. The first-order chi connectivity index (χ1) is 65.4. The van der Waals surface area contributed by atoms with Gasteiger partial charge in [-0.2, -0.15) is 0 Å². The van der Waals surface area contributed by atoms with Gasteiger partial charge in [-0.25, -0.2) is 9.97 Å². The molecular weight excluding hydrogens is 1600 g/mol. The minimum absolute atomic E-state index is 0.542. The SMILES string of the molecule is c1ccc(-c2cccc(-c3cccc(-c4cc(-c5cccc(-n6c7cc(-c8ccc9c(c8)c8ccccc8n9-c8ccccc8)ccc7c7ccc(-c8ccc9c(c8)c8ccccc8n9-c8ccccc8)cc76)c5)nc(-n5c6cc(-c7ccc8c(c7)c7ccccc7n8-c7ccccc7)ccc6c6ccc(-c7ccc8c(c7)c7ccccc7n8-c7ccccc7)cc65)n4)c3)c2)cc1. The van der Waals surface area contributed by atoms with Gasteiger partial charge in [-0.05, 0) is 243 Å². The Morgan fingerprint density at radius 2 is 0.333 bits per heavy atom. The summed E-state index contributed by atoms with van der Waals surface area (Å²) in [5.74, 6) is 0.542. The molecule has 0 radical (unpaired) electrons. The van der Waals surface area contributed by atoms with E-state index in [0.717, 1.165) is 194 Å². The molecule has 20 aromatic carbocycles. The van der Waals surface area contributed by atoms with Gasteiger partial charge in [0.1, 0.15) is 0 Å². The fourth-order valence-electron chi connectivity index (χ4n) is 21.3. The Hall–Kier alpha value is -17.7. The zero-order chi connectivity index (χ0) is 86.6. The number of hydrogen-bond donors (Lipinski definition) is 0. The fourth-order valence-corrected chi connectivity index (χ4v) is 21.3. The van der Waals surface area contributed by atoms with Crippen LogP contribution in [-0.4, -0.2) is 37.4 Å². The molecule has 0 aliphatic rings. The van der Waals surface area contributed by atoms with Gasteiger partial charge in [0.05, 0.1) is 77.6 Å². The van der Waals surface area contributed by atoms with Gasteiger partial charge < -0.3 is 22.8 Å². The van der Waals surface area contributed by atoms with E-state index < -0.39 is 0 Å². The maximum atomic E-state index is 6.04. The molecule has 8 heteroatoms. The first-order valence-electron chi connectivity index (χ1n) is 45.2. The zero-order valence-electron chi connectivity index (χ0n) is 71.6. The summed E-state index contributed by atoms with van der Waals surface area (Å²) in [5, 5.41) is 14.1. The third kappa shape index (κ3) is 12.0. The highest BCUT2D eigenvalue weighted by Gasteiger charge is 2.26. The lowest BCUT2D eigenvalue weighted by Gasteiger charge is -2.15. The Morgan fingerprint density at radius 3 is 0.682 bits per heavy atom. The Balaban J connectivity index is 0.683. The Labute approximate surface area is 759 Å². The maximum absolute atomic E-state index is 6.04. The molecule has 7 heterocycles. The highest BCUT2D eigenvalue weighted by atomic mass is 15.2. The molecular formula is C124H78N8. The average molecular weight is 1680 g/mol. The number of hydrogen-bond acceptors (Lipinski definition) is 2. The second-order valence-electron chi connectivity index (χ2n) is 34.8. The van der Waals surface area contributed by atoms with Gasteiger partial charge in [-0.3, -0.25) is 4.57 Å². The number of para-hydroxylation sites is 8. The van der Waals surface area contributed by atoms with Crippen LogP contribution in [0.15, 0.2) is 473 Å². The van der Waals surface area contributed by atoms with Crippen molar-refractivity contribution in [3.8, 4) is 124 Å². The van der Waals surface area contributed by atoms with Crippen molar-refractivity contribution in [3.63, 3.8) is 0 Å². The Kier molecular flexibility index (Phi) is 16.9. The minimum atomic E-state index is 0.542. The van der Waals surface area contributed by atoms with Crippen molar-refractivity contribution in [2.75, 3.05) is 0 Å². The number of benzene rings is 20. The van der Waals surface area contributed by atoms with Gasteiger partial charge in [0.15, 0.2) is 0 Å². The second-order valence-corrected chi connectivity index (χ2v) is 34.8. The van der Waals surface area contributed by atoms with Crippen LogP contribution in [0, 0.1) is 0 Å². The molecule has 8 nitrogen and oxygen atoms in total. The van der Waals surface area contributed by atoms with Crippen molar-refractivity contribution in [2.45, 2.75) is 0 Å². The highest BCUT2D eigenvalue weighted by Crippen LogP contribution is 2.47. The van der Waals surface area contributed by atoms with Crippen LogP contribution in [0.2, 0.25) is 0 Å². The molecule has 0 aliphatic heterocycles. The number of rotatable bonds is 14. The van der Waals surface area contributed by atoms with E-state index in [4.69, 9.17) is 9.97 Å². The molecule has 0 fully saturated rings. The van der Waals surface area contributed by atoms with Crippen LogP contribution in [0.5, 0.6) is 0 Å². The van der Waals surface area contributed by atoms with E-state index in [-0.39, 0.29) is 0 Å². The normalized spacial score (nSPS) is 11.9. The monoisotopic (exact) mass is 1680 g/mol. The first kappa shape index (κ1) is 74.5. The molecule has 0 atom stereocenters. The zero-order valence-corrected chi connectivity index (χ0v) is 71.6. The van der Waals surface area contributed by atoms with Crippen molar-refractivity contribution in [1.29, 1.82) is 0 Å². The third-order valence-corrected chi connectivity index (χ3v) is 27.4. The van der Waals surface area contributed by atoms with Crippen molar-refractivity contribution in [1.82, 2.24) is 37.4 Å². The molecule has 0 spiro atoms. The minimum Gasteiger partial charge on any atom is -0.309 e. The summed E-state index contributed by atoms with van der Waals surface area (Å²) in [7, 11) is 0. The summed E-state index contributed by atoms with van der Waals surface area (Å²) < 4.78 is 14.4. The maximum Gasteiger partial charge on any atom is 0.235 e. The number of fused-ring (bicyclic) bond motifs is 18. The summed E-state index contributed by atoms with van der Waals surface area (Å²) in [4.78, 5) is 12.0. The molecule has 0 unspecified atom stereocenters. The lowest BCUT2D eigenvalue weighted by Crippen LogP contribution is -2.04. The predicted molar refractivity (Wildman–Crippen MR) is 552 cm³/mol. The second kappa shape index (κ2) is 30.0. The van der Waals surface area contributed by atoms with Crippen molar-refractivity contribution >= 4 is 131 Å². The van der Waals surface area contributed by atoms with E-state index in [2.05, 4.69) is 501 Å². The third-order valence-electron chi connectivity index (χ3n) is 27.4. The van der Waals surface area contributed by atoms with E-state index in [9.17, 15) is 0 Å². The van der Waals surface area contributed by atoms with E-state index in [1.165, 1.54) is 54.1 Å². The van der Waals surface area contributed by atoms with E-state index in [1.54, 1.807) is 0 Å². The van der Waals surface area contributed by atoms with Crippen LogP contribution in [0.3, 0.4) is 0 Å². The standard InChI is InChI=1S/C124H78N8/c1-6-27-79(28-7-1)80-29-24-30-81(67-80)82-31-25-32-91(68-82)110-78-111(126-124(125-110)132-122-76-89(85-57-65-118-108(72-85)100-45-18-22-49-114(100)129(118)95-38-12-4-13-39-95)53-61-104(122)105-62-54-90(77-123(105)132)86-58-66-119-109(73-86)101-46-19-23-50-115(101)130(119)96-40-14-5-15-41-96)92-33-26-42-97(69-92)131-120-74-87(83-55-63-116-106(70-83)98-43-16-20-47-112(98)127(116)93-34-8-2-9-35-93)51-59-102(120)103-60-52-88(75-121(103)131)84-56-64-117-107(71-84)99-44-17-21-48-113(99)128(117)94-36-10-3-11-37-94/h1-78H. The van der Waals surface area contributed by atoms with Crippen molar-refractivity contribution in [3.05, 3.63) is 473 Å². The first-order valence-corrected chi connectivity index (χ1v) is 45.2. The van der Waals surface area contributed by atoms with Crippen LogP contribution in [-0.2, 0) is 0 Å². The molecule has 0 bridgehead atoms. The number of aromatic nitrogens is 8. The number of nitrogens with zero attached hydrogens (tertiary/aromatic N) is 8. The van der Waals surface area contributed by atoms with Gasteiger partial charge >= 0.3 is 0 Å². The van der Waals surface area contributed by atoms with Crippen LogP contribution in [0.4, 0.5) is 0 Å². The Morgan fingerprint density at radius 1 is 0.114 bits per heavy atom. The lowest BCUT2D eigenvalue weighted by molar-refractivity contribution is 0.995. The molecule has 0 saturated heterocycles. The summed E-state index contributed by atoms with van der Waals surface area (Å²) in [6.45, 7) is 0. The molecule has 27 rings (SSSR count). The quantitative estimate of drug-likeness (QED) is 0.109. The average Bonchev–Trinajstić information content (AvgIpc) is 1.59. The predicted octanol–water partition coefficient (Wildman–Crippen LogP) is 32.4. The van der Waals surface area contributed by atoms with Gasteiger partial charge in [0.2, 0.25) is 5.95 Å². The molecule has 0 N–H and O–H groups in total. The summed E-state index contributed by atoms with van der Waals surface area (Å²) in [5.41, 5.74) is 35.7. The van der Waals surface area contributed by atoms with Crippen molar-refractivity contribution in [2.24, 2.45) is 0 Å².